The molecule has 0 unspecified atom stereocenters. The summed E-state index contributed by atoms with van der Waals surface area (Å²) in [5.41, 5.74) is 2.27. The van der Waals surface area contributed by atoms with Gasteiger partial charge >= 0.3 is 0 Å². The molecule has 0 saturated heterocycles. The average molecular weight is 327 g/mol. The van der Waals surface area contributed by atoms with Gasteiger partial charge in [-0.1, -0.05) is 53.1 Å². The van der Waals surface area contributed by atoms with E-state index in [1.165, 1.54) is 6.07 Å². The van der Waals surface area contributed by atoms with Crippen LogP contribution in [0.2, 0.25) is 21.8 Å². The van der Waals surface area contributed by atoms with Crippen molar-refractivity contribution < 1.29 is 4.39 Å². The lowest BCUT2D eigenvalue weighted by molar-refractivity contribution is 0.638. The zero-order valence-corrected chi connectivity index (χ0v) is 15.4. The van der Waals surface area contributed by atoms with Crippen LogP contribution in [0.25, 0.3) is 11.0 Å². The van der Waals surface area contributed by atoms with E-state index >= 15 is 0 Å². The Morgan fingerprint density at radius 2 is 1.62 bits per heavy atom. The van der Waals surface area contributed by atoms with Crippen LogP contribution in [0.15, 0.2) is 18.3 Å². The van der Waals surface area contributed by atoms with Gasteiger partial charge in [-0.2, -0.15) is 0 Å². The standard InChI is InChI=1S/C16H24ClFN2Si/c1-10(2)21(11(3)4,12(5)6)20-8-7-13-14(18)9-15(17)19-16(13)20/h7-12H,1-6H3. The molecule has 2 aromatic heterocycles. The molecule has 2 heterocycles. The van der Waals surface area contributed by atoms with Crippen LogP contribution in [-0.4, -0.2) is 17.5 Å². The summed E-state index contributed by atoms with van der Waals surface area (Å²) in [6.45, 7) is 13.7. The molecule has 0 aromatic carbocycles. The topological polar surface area (TPSA) is 17.8 Å². The van der Waals surface area contributed by atoms with E-state index in [1.54, 1.807) is 0 Å². The summed E-state index contributed by atoms with van der Waals surface area (Å²) in [6, 6.07) is 3.13. The van der Waals surface area contributed by atoms with E-state index < -0.39 is 8.24 Å². The summed E-state index contributed by atoms with van der Waals surface area (Å²) in [7, 11) is -1.93. The fourth-order valence-corrected chi connectivity index (χ4v) is 10.9. The third kappa shape index (κ3) is 2.42. The summed E-state index contributed by atoms with van der Waals surface area (Å²) >= 11 is 5.99. The Labute approximate surface area is 132 Å². The quantitative estimate of drug-likeness (QED) is 0.509. The largest absolute Gasteiger partial charge is 0.358 e. The van der Waals surface area contributed by atoms with E-state index in [1.807, 2.05) is 12.3 Å². The molecule has 2 nitrogen and oxygen atoms in total. The zero-order valence-electron chi connectivity index (χ0n) is 13.6. The Morgan fingerprint density at radius 1 is 1.10 bits per heavy atom. The first kappa shape index (κ1) is 16.5. The Balaban J connectivity index is 2.84. The van der Waals surface area contributed by atoms with Gasteiger partial charge in [0, 0.05) is 6.07 Å². The molecule has 0 aliphatic rings. The molecule has 0 fully saturated rings. The number of nitrogens with zero attached hydrogens (tertiary/aromatic N) is 2. The molecule has 0 aliphatic carbocycles. The van der Waals surface area contributed by atoms with Crippen molar-refractivity contribution in [3.8, 4) is 0 Å². The highest BCUT2D eigenvalue weighted by Crippen LogP contribution is 2.44. The fraction of sp³-hybridized carbons (Fsp3) is 0.562. The molecule has 21 heavy (non-hydrogen) atoms. The molecular weight excluding hydrogens is 303 g/mol. The third-order valence-electron chi connectivity index (χ3n) is 4.77. The highest BCUT2D eigenvalue weighted by Gasteiger charge is 2.46. The first-order valence-electron chi connectivity index (χ1n) is 7.56. The van der Waals surface area contributed by atoms with E-state index in [0.717, 1.165) is 0 Å². The maximum absolute atomic E-state index is 14.1. The van der Waals surface area contributed by atoms with Gasteiger partial charge in [-0.15, -0.1) is 0 Å². The summed E-state index contributed by atoms with van der Waals surface area (Å²) in [5.74, 6) is -0.289. The molecule has 0 bridgehead atoms. The van der Waals surface area contributed by atoms with Crippen LogP contribution in [0, 0.1) is 5.82 Å². The molecule has 116 valence electrons. The highest BCUT2D eigenvalue weighted by atomic mass is 35.5. The van der Waals surface area contributed by atoms with E-state index in [0.29, 0.717) is 27.7 Å². The second kappa shape index (κ2) is 5.73. The van der Waals surface area contributed by atoms with Crippen molar-refractivity contribution in [2.45, 2.75) is 58.2 Å². The van der Waals surface area contributed by atoms with Gasteiger partial charge in [-0.05, 0) is 28.9 Å². The maximum Gasteiger partial charge on any atom is 0.171 e. The molecule has 2 rings (SSSR count). The summed E-state index contributed by atoms with van der Waals surface area (Å²) in [4.78, 5) is 4.43. The van der Waals surface area contributed by atoms with Crippen molar-refractivity contribution in [2.75, 3.05) is 0 Å². The molecule has 0 atom stereocenters. The third-order valence-corrected chi connectivity index (χ3v) is 11.7. The zero-order chi connectivity index (χ0) is 15.9. The summed E-state index contributed by atoms with van der Waals surface area (Å²) < 4.78 is 16.4. The lowest BCUT2D eigenvalue weighted by Crippen LogP contribution is -2.51. The van der Waals surface area contributed by atoms with Crippen LogP contribution in [0.5, 0.6) is 0 Å². The number of rotatable bonds is 4. The van der Waals surface area contributed by atoms with Gasteiger partial charge in [0.15, 0.2) is 8.24 Å². The van der Waals surface area contributed by atoms with Gasteiger partial charge in [0.2, 0.25) is 0 Å². The van der Waals surface area contributed by atoms with Gasteiger partial charge < -0.3 is 4.23 Å². The van der Waals surface area contributed by atoms with Crippen LogP contribution in [0.4, 0.5) is 4.39 Å². The first-order chi connectivity index (χ1) is 9.72. The van der Waals surface area contributed by atoms with Crippen LogP contribution >= 0.6 is 11.6 Å². The van der Waals surface area contributed by atoms with Crippen molar-refractivity contribution in [1.29, 1.82) is 0 Å². The SMILES string of the molecule is CC(C)[Si](C(C)C)(C(C)C)n1ccc2c(F)cc(Cl)nc21. The minimum absolute atomic E-state index is 0.221. The Bertz CT molecular complexity index is 627. The minimum Gasteiger partial charge on any atom is -0.358 e. The number of hydrogen-bond acceptors (Lipinski definition) is 1. The van der Waals surface area contributed by atoms with Gasteiger partial charge in [-0.25, -0.2) is 9.37 Å². The maximum atomic E-state index is 14.1. The van der Waals surface area contributed by atoms with Crippen molar-refractivity contribution in [3.05, 3.63) is 29.3 Å². The molecule has 0 radical (unpaired) electrons. The summed E-state index contributed by atoms with van der Waals surface area (Å²) in [6.07, 6.45) is 2.02. The minimum atomic E-state index is -1.93. The van der Waals surface area contributed by atoms with Gasteiger partial charge in [-0.3, -0.25) is 0 Å². The molecular formula is C16H24ClFN2Si. The molecule has 2 aromatic rings. The second-order valence-corrected chi connectivity index (χ2v) is 12.8. The smallest absolute Gasteiger partial charge is 0.171 e. The van der Waals surface area contributed by atoms with Crippen molar-refractivity contribution >= 4 is 30.9 Å². The predicted molar refractivity (Wildman–Crippen MR) is 91.1 cm³/mol. The predicted octanol–water partition coefficient (Wildman–Crippen LogP) is 5.85. The van der Waals surface area contributed by atoms with Crippen LogP contribution in [-0.2, 0) is 0 Å². The summed E-state index contributed by atoms with van der Waals surface area (Å²) in [5, 5.41) is 0.789. The monoisotopic (exact) mass is 326 g/mol. The molecule has 5 heteroatoms. The normalized spacial score (nSPS) is 13.1. The number of hydrogen-bond donors (Lipinski definition) is 0. The van der Waals surface area contributed by atoms with Crippen LogP contribution in [0.1, 0.15) is 41.5 Å². The van der Waals surface area contributed by atoms with E-state index in [9.17, 15) is 4.39 Å². The van der Waals surface area contributed by atoms with Gasteiger partial charge in [0.1, 0.15) is 16.6 Å². The Kier molecular flexibility index (Phi) is 4.50. The van der Waals surface area contributed by atoms with E-state index in [-0.39, 0.29) is 11.0 Å². The Morgan fingerprint density at radius 3 is 2.10 bits per heavy atom. The van der Waals surface area contributed by atoms with Gasteiger partial charge in [0.25, 0.3) is 0 Å². The molecule has 0 amide bonds. The molecule has 0 spiro atoms. The van der Waals surface area contributed by atoms with Crippen LogP contribution in [0.3, 0.4) is 0 Å². The van der Waals surface area contributed by atoms with Crippen molar-refractivity contribution in [1.82, 2.24) is 9.22 Å². The van der Waals surface area contributed by atoms with Crippen LogP contribution < -0.4 is 0 Å². The second-order valence-electron chi connectivity index (χ2n) is 6.70. The van der Waals surface area contributed by atoms with E-state index in [4.69, 9.17) is 11.6 Å². The molecule has 0 aliphatic heterocycles. The molecule has 0 saturated carbocycles. The van der Waals surface area contributed by atoms with E-state index in [2.05, 4.69) is 50.8 Å². The Hall–Kier alpha value is -0.873. The lowest BCUT2D eigenvalue weighted by Gasteiger charge is -2.44. The lowest BCUT2D eigenvalue weighted by atomic mass is 10.3. The average Bonchev–Trinajstić information content (AvgIpc) is 2.73. The fourth-order valence-electron chi connectivity index (χ4n) is 4.19. The van der Waals surface area contributed by atoms with Gasteiger partial charge in [0.05, 0.1) is 5.39 Å². The number of halogens is 2. The van der Waals surface area contributed by atoms with Crippen molar-refractivity contribution in [3.63, 3.8) is 0 Å². The number of aromatic nitrogens is 2. The first-order valence-corrected chi connectivity index (χ1v) is 10.1. The number of fused-ring (bicyclic) bond motifs is 1. The number of pyridine rings is 1. The molecule has 0 N–H and O–H groups in total. The highest BCUT2D eigenvalue weighted by molar-refractivity contribution is 6.82. The van der Waals surface area contributed by atoms with Crippen molar-refractivity contribution in [2.24, 2.45) is 0 Å².